The second-order valence-electron chi connectivity index (χ2n) is 3.24. The standard InChI is InChI=1S/C9H11NO3/c11-8-2-1-7(8)10-9(12)6-3-4-13-5-6/h3-5,7-8,11H,1-2H2,(H,10,12)/t7-,8-/m1/s1. The molecule has 0 radical (unpaired) electrons. The van der Waals surface area contributed by atoms with E-state index in [1.165, 1.54) is 12.5 Å². The van der Waals surface area contributed by atoms with Gasteiger partial charge in [0.2, 0.25) is 0 Å². The van der Waals surface area contributed by atoms with E-state index in [4.69, 9.17) is 4.42 Å². The summed E-state index contributed by atoms with van der Waals surface area (Å²) >= 11 is 0. The summed E-state index contributed by atoms with van der Waals surface area (Å²) in [5.74, 6) is -0.183. The molecule has 4 heteroatoms. The zero-order valence-corrected chi connectivity index (χ0v) is 7.06. The van der Waals surface area contributed by atoms with Gasteiger partial charge in [0.25, 0.3) is 5.91 Å². The summed E-state index contributed by atoms with van der Waals surface area (Å²) in [6, 6.07) is 1.52. The molecule has 0 aliphatic heterocycles. The van der Waals surface area contributed by atoms with Gasteiger partial charge in [-0.15, -0.1) is 0 Å². The summed E-state index contributed by atoms with van der Waals surface area (Å²) < 4.78 is 4.77. The minimum Gasteiger partial charge on any atom is -0.472 e. The topological polar surface area (TPSA) is 62.5 Å². The Bertz CT molecular complexity index is 294. The molecular weight excluding hydrogens is 170 g/mol. The highest BCUT2D eigenvalue weighted by Gasteiger charge is 2.30. The molecule has 2 atom stereocenters. The lowest BCUT2D eigenvalue weighted by Crippen LogP contribution is -2.50. The summed E-state index contributed by atoms with van der Waals surface area (Å²) in [5, 5.41) is 11.9. The van der Waals surface area contributed by atoms with Crippen molar-refractivity contribution in [2.45, 2.75) is 25.0 Å². The number of carbonyl (C=O) groups is 1. The highest BCUT2D eigenvalue weighted by molar-refractivity contribution is 5.94. The maximum atomic E-state index is 11.4. The van der Waals surface area contributed by atoms with Crippen molar-refractivity contribution in [1.29, 1.82) is 0 Å². The molecule has 0 aromatic carbocycles. The average Bonchev–Trinajstić information content (AvgIpc) is 2.64. The quantitative estimate of drug-likeness (QED) is 0.699. The lowest BCUT2D eigenvalue weighted by atomic mass is 9.89. The number of furan rings is 1. The van der Waals surface area contributed by atoms with E-state index < -0.39 is 0 Å². The molecule has 1 amide bonds. The van der Waals surface area contributed by atoms with Crippen LogP contribution in [0.15, 0.2) is 23.0 Å². The Labute approximate surface area is 75.6 Å². The molecule has 0 bridgehead atoms. The van der Waals surface area contributed by atoms with Crippen molar-refractivity contribution in [3.63, 3.8) is 0 Å². The zero-order chi connectivity index (χ0) is 9.26. The smallest absolute Gasteiger partial charge is 0.254 e. The fourth-order valence-electron chi connectivity index (χ4n) is 1.30. The lowest BCUT2D eigenvalue weighted by molar-refractivity contribution is 0.0447. The van der Waals surface area contributed by atoms with E-state index in [0.717, 1.165) is 12.8 Å². The number of amides is 1. The number of carbonyl (C=O) groups excluding carboxylic acids is 1. The predicted octanol–water partition coefficient (Wildman–Crippen LogP) is 0.533. The van der Waals surface area contributed by atoms with Crippen LogP contribution in [-0.2, 0) is 0 Å². The number of aliphatic hydroxyl groups is 1. The van der Waals surface area contributed by atoms with Gasteiger partial charge in [0.1, 0.15) is 6.26 Å². The van der Waals surface area contributed by atoms with Crippen molar-refractivity contribution in [2.75, 3.05) is 0 Å². The van der Waals surface area contributed by atoms with E-state index in [1.807, 2.05) is 0 Å². The molecule has 1 heterocycles. The highest BCUT2D eigenvalue weighted by atomic mass is 16.3. The summed E-state index contributed by atoms with van der Waals surface area (Å²) in [4.78, 5) is 11.4. The maximum Gasteiger partial charge on any atom is 0.254 e. The van der Waals surface area contributed by atoms with Crippen LogP contribution in [0.2, 0.25) is 0 Å². The minimum absolute atomic E-state index is 0.0811. The van der Waals surface area contributed by atoms with Crippen LogP contribution >= 0.6 is 0 Å². The second kappa shape index (κ2) is 3.22. The molecule has 4 nitrogen and oxygen atoms in total. The average molecular weight is 181 g/mol. The first-order valence-electron chi connectivity index (χ1n) is 4.28. The number of hydrogen-bond acceptors (Lipinski definition) is 3. The number of hydrogen-bond donors (Lipinski definition) is 2. The highest BCUT2D eigenvalue weighted by Crippen LogP contribution is 2.19. The first kappa shape index (κ1) is 8.31. The molecule has 0 spiro atoms. The molecule has 2 N–H and O–H groups in total. The number of nitrogens with one attached hydrogen (secondary N) is 1. The molecule has 2 rings (SSSR count). The first-order chi connectivity index (χ1) is 6.27. The normalized spacial score (nSPS) is 26.5. The Hall–Kier alpha value is -1.29. The minimum atomic E-state index is -0.379. The molecule has 70 valence electrons. The van der Waals surface area contributed by atoms with Gasteiger partial charge in [-0.3, -0.25) is 4.79 Å². The van der Waals surface area contributed by atoms with Gasteiger partial charge in [0.15, 0.2) is 0 Å². The van der Waals surface area contributed by atoms with Gasteiger partial charge < -0.3 is 14.8 Å². The van der Waals surface area contributed by atoms with Crippen molar-refractivity contribution in [2.24, 2.45) is 0 Å². The molecule has 0 saturated heterocycles. The van der Waals surface area contributed by atoms with Crippen molar-refractivity contribution in [3.8, 4) is 0 Å². The maximum absolute atomic E-state index is 11.4. The SMILES string of the molecule is O=C(N[C@@H]1CC[C@H]1O)c1ccoc1. The molecule has 0 unspecified atom stereocenters. The molecule has 1 saturated carbocycles. The fourth-order valence-corrected chi connectivity index (χ4v) is 1.30. The molecule has 1 aliphatic rings. The van der Waals surface area contributed by atoms with Gasteiger partial charge in [-0.05, 0) is 18.9 Å². The lowest BCUT2D eigenvalue weighted by Gasteiger charge is -2.32. The summed E-state index contributed by atoms with van der Waals surface area (Å²) in [6.45, 7) is 0. The summed E-state index contributed by atoms with van der Waals surface area (Å²) in [5.41, 5.74) is 0.499. The van der Waals surface area contributed by atoms with Crippen LogP contribution in [0.25, 0.3) is 0 Å². The van der Waals surface area contributed by atoms with E-state index in [2.05, 4.69) is 5.32 Å². The summed E-state index contributed by atoms with van der Waals surface area (Å²) in [6.07, 6.45) is 4.09. The van der Waals surface area contributed by atoms with Gasteiger partial charge in [-0.25, -0.2) is 0 Å². The number of rotatable bonds is 2. The first-order valence-corrected chi connectivity index (χ1v) is 4.28. The number of aliphatic hydroxyl groups excluding tert-OH is 1. The van der Waals surface area contributed by atoms with Gasteiger partial charge in [-0.1, -0.05) is 0 Å². The molecule has 1 fully saturated rings. The van der Waals surface area contributed by atoms with Crippen molar-refractivity contribution in [1.82, 2.24) is 5.32 Å². The molecule has 1 aromatic heterocycles. The largest absolute Gasteiger partial charge is 0.472 e. The van der Waals surface area contributed by atoms with Crippen LogP contribution in [0.1, 0.15) is 23.2 Å². The Kier molecular flexibility index (Phi) is 2.06. The van der Waals surface area contributed by atoms with Crippen LogP contribution in [0.4, 0.5) is 0 Å². The van der Waals surface area contributed by atoms with Crippen LogP contribution in [0.3, 0.4) is 0 Å². The van der Waals surface area contributed by atoms with Crippen molar-refractivity contribution < 1.29 is 14.3 Å². The molecule has 1 aliphatic carbocycles. The van der Waals surface area contributed by atoms with Crippen LogP contribution in [0, 0.1) is 0 Å². The Morgan fingerprint density at radius 2 is 2.46 bits per heavy atom. The molecule has 1 aromatic rings. The van der Waals surface area contributed by atoms with Crippen molar-refractivity contribution in [3.05, 3.63) is 24.2 Å². The van der Waals surface area contributed by atoms with Crippen molar-refractivity contribution >= 4 is 5.91 Å². The summed E-state index contributed by atoms with van der Waals surface area (Å²) in [7, 11) is 0. The third-order valence-electron chi connectivity index (χ3n) is 2.34. The second-order valence-corrected chi connectivity index (χ2v) is 3.24. The fraction of sp³-hybridized carbons (Fsp3) is 0.444. The van der Waals surface area contributed by atoms with Crippen LogP contribution in [-0.4, -0.2) is 23.2 Å². The third kappa shape index (κ3) is 1.58. The predicted molar refractivity (Wildman–Crippen MR) is 45.2 cm³/mol. The molecular formula is C9H11NO3. The van der Waals surface area contributed by atoms with E-state index in [0.29, 0.717) is 5.56 Å². The van der Waals surface area contributed by atoms with Crippen LogP contribution < -0.4 is 5.32 Å². The Morgan fingerprint density at radius 1 is 1.62 bits per heavy atom. The van der Waals surface area contributed by atoms with E-state index in [-0.39, 0.29) is 18.1 Å². The van der Waals surface area contributed by atoms with E-state index in [9.17, 15) is 9.90 Å². The van der Waals surface area contributed by atoms with Crippen LogP contribution in [0.5, 0.6) is 0 Å². The van der Waals surface area contributed by atoms with Gasteiger partial charge in [0, 0.05) is 0 Å². The third-order valence-corrected chi connectivity index (χ3v) is 2.34. The van der Waals surface area contributed by atoms with E-state index >= 15 is 0 Å². The monoisotopic (exact) mass is 181 g/mol. The Morgan fingerprint density at radius 3 is 2.92 bits per heavy atom. The van der Waals surface area contributed by atoms with Gasteiger partial charge >= 0.3 is 0 Å². The molecule has 13 heavy (non-hydrogen) atoms. The zero-order valence-electron chi connectivity index (χ0n) is 7.06. The van der Waals surface area contributed by atoms with Gasteiger partial charge in [-0.2, -0.15) is 0 Å². The Balaban J connectivity index is 1.92. The van der Waals surface area contributed by atoms with E-state index in [1.54, 1.807) is 6.07 Å². The van der Waals surface area contributed by atoms with Gasteiger partial charge in [0.05, 0.1) is 24.0 Å².